The largest absolute Gasteiger partial charge is 0.394 e. The molecule has 2 aromatic rings. The van der Waals surface area contributed by atoms with E-state index < -0.39 is 15.6 Å². The number of benzene rings is 2. The molecular weight excluding hydrogens is 400 g/mol. The predicted molar refractivity (Wildman–Crippen MR) is 120 cm³/mol. The number of carbonyl (C=O) groups is 1. The smallest absolute Gasteiger partial charge is 0.262 e. The SMILES string of the molecule is Cc1c(C)c(C)c(S(=O)(=O)Nc2ccc(CC(=O)NC(C)(C)CO)cc2)c(C)c1C. The van der Waals surface area contributed by atoms with Crippen LogP contribution in [0.5, 0.6) is 0 Å². The summed E-state index contributed by atoms with van der Waals surface area (Å²) in [6.45, 7) is 12.9. The molecule has 0 saturated heterocycles. The maximum absolute atomic E-state index is 13.1. The lowest BCUT2D eigenvalue weighted by atomic mass is 9.95. The lowest BCUT2D eigenvalue weighted by molar-refractivity contribution is -0.122. The van der Waals surface area contributed by atoms with Crippen LogP contribution in [-0.4, -0.2) is 31.6 Å². The first-order valence-electron chi connectivity index (χ1n) is 9.89. The number of amides is 1. The summed E-state index contributed by atoms with van der Waals surface area (Å²) in [5, 5.41) is 12.0. The van der Waals surface area contributed by atoms with Crippen molar-refractivity contribution in [2.24, 2.45) is 0 Å². The molecule has 0 radical (unpaired) electrons. The predicted octanol–water partition coefficient (Wildman–Crippen LogP) is 3.46. The molecule has 6 nitrogen and oxygen atoms in total. The van der Waals surface area contributed by atoms with Crippen LogP contribution in [-0.2, 0) is 21.2 Å². The quantitative estimate of drug-likeness (QED) is 0.624. The third kappa shape index (κ3) is 5.21. The molecule has 0 fully saturated rings. The monoisotopic (exact) mass is 432 g/mol. The standard InChI is InChI=1S/C23H32N2O4S/c1-14-15(2)17(4)22(18(5)16(14)3)30(28,29)25-20-10-8-19(9-11-20)12-21(27)24-23(6,7)13-26/h8-11,25-26H,12-13H2,1-7H3,(H,24,27). The van der Waals surface area contributed by atoms with E-state index in [9.17, 15) is 18.3 Å². The Kier molecular flexibility index (Phi) is 6.99. The first kappa shape index (κ1) is 23.9. The van der Waals surface area contributed by atoms with Crippen LogP contribution in [0.15, 0.2) is 29.2 Å². The summed E-state index contributed by atoms with van der Waals surface area (Å²) in [5.74, 6) is -0.209. The van der Waals surface area contributed by atoms with Crippen molar-refractivity contribution in [3.05, 3.63) is 57.6 Å². The van der Waals surface area contributed by atoms with Gasteiger partial charge in [0.25, 0.3) is 10.0 Å². The Morgan fingerprint density at radius 1 is 0.900 bits per heavy atom. The van der Waals surface area contributed by atoms with Gasteiger partial charge < -0.3 is 10.4 Å². The number of sulfonamides is 1. The Balaban J connectivity index is 2.23. The first-order chi connectivity index (χ1) is 13.8. The van der Waals surface area contributed by atoms with Crippen LogP contribution in [0.25, 0.3) is 0 Å². The number of aliphatic hydroxyl groups is 1. The van der Waals surface area contributed by atoms with Gasteiger partial charge in [0, 0.05) is 5.69 Å². The van der Waals surface area contributed by atoms with Crippen molar-refractivity contribution in [2.45, 2.75) is 65.3 Å². The zero-order valence-electron chi connectivity index (χ0n) is 18.8. The molecule has 0 aromatic heterocycles. The Morgan fingerprint density at radius 3 is 1.83 bits per heavy atom. The second-order valence-electron chi connectivity index (χ2n) is 8.52. The van der Waals surface area contributed by atoms with Gasteiger partial charge in [0.1, 0.15) is 0 Å². The molecule has 30 heavy (non-hydrogen) atoms. The number of anilines is 1. The molecule has 0 saturated carbocycles. The van der Waals surface area contributed by atoms with Gasteiger partial charge in [-0.15, -0.1) is 0 Å². The summed E-state index contributed by atoms with van der Waals surface area (Å²) in [4.78, 5) is 12.4. The average molecular weight is 433 g/mol. The third-order valence-corrected chi connectivity index (χ3v) is 7.30. The molecule has 0 heterocycles. The lowest BCUT2D eigenvalue weighted by Crippen LogP contribution is -2.46. The number of hydrogen-bond acceptors (Lipinski definition) is 4. The first-order valence-corrected chi connectivity index (χ1v) is 11.4. The molecule has 0 unspecified atom stereocenters. The zero-order chi connectivity index (χ0) is 22.9. The molecule has 1 amide bonds. The van der Waals surface area contributed by atoms with Crippen molar-refractivity contribution >= 4 is 21.6 Å². The normalized spacial score (nSPS) is 12.0. The fourth-order valence-electron chi connectivity index (χ4n) is 3.41. The number of hydrogen-bond donors (Lipinski definition) is 3. The highest BCUT2D eigenvalue weighted by Crippen LogP contribution is 2.30. The minimum atomic E-state index is -3.76. The van der Waals surface area contributed by atoms with Crippen LogP contribution >= 0.6 is 0 Å². The molecule has 0 spiro atoms. The summed E-state index contributed by atoms with van der Waals surface area (Å²) in [6.07, 6.45) is 0.144. The van der Waals surface area contributed by atoms with Crippen LogP contribution < -0.4 is 10.0 Å². The van der Waals surface area contributed by atoms with Crippen molar-refractivity contribution in [3.63, 3.8) is 0 Å². The average Bonchev–Trinajstić information content (AvgIpc) is 2.65. The van der Waals surface area contributed by atoms with Gasteiger partial charge in [-0.05, 0) is 94.0 Å². The van der Waals surface area contributed by atoms with Crippen molar-refractivity contribution < 1.29 is 18.3 Å². The second kappa shape index (κ2) is 8.78. The Morgan fingerprint density at radius 2 is 1.37 bits per heavy atom. The van der Waals surface area contributed by atoms with E-state index in [0.29, 0.717) is 10.6 Å². The van der Waals surface area contributed by atoms with E-state index in [0.717, 1.165) is 33.4 Å². The Hall–Kier alpha value is -2.38. The molecule has 2 rings (SSSR count). The van der Waals surface area contributed by atoms with E-state index in [4.69, 9.17) is 0 Å². The van der Waals surface area contributed by atoms with Crippen LogP contribution in [0.3, 0.4) is 0 Å². The Bertz CT molecular complexity index is 1030. The summed E-state index contributed by atoms with van der Waals surface area (Å²) < 4.78 is 28.9. The van der Waals surface area contributed by atoms with Crippen LogP contribution in [0.2, 0.25) is 0 Å². The van der Waals surface area contributed by atoms with Gasteiger partial charge in [-0.1, -0.05) is 12.1 Å². The maximum atomic E-state index is 13.1. The van der Waals surface area contributed by atoms with E-state index in [1.807, 2.05) is 34.6 Å². The van der Waals surface area contributed by atoms with Gasteiger partial charge >= 0.3 is 0 Å². The number of carbonyl (C=O) groups excluding carboxylic acids is 1. The number of aliphatic hydroxyl groups excluding tert-OH is 1. The van der Waals surface area contributed by atoms with Gasteiger partial charge in [-0.3, -0.25) is 9.52 Å². The van der Waals surface area contributed by atoms with Gasteiger partial charge in [0.05, 0.1) is 23.5 Å². The summed E-state index contributed by atoms with van der Waals surface area (Å²) >= 11 is 0. The molecular formula is C23H32N2O4S. The highest BCUT2D eigenvalue weighted by Gasteiger charge is 2.24. The summed E-state index contributed by atoms with van der Waals surface area (Å²) in [6, 6.07) is 6.73. The molecule has 164 valence electrons. The van der Waals surface area contributed by atoms with Crippen LogP contribution in [0, 0.1) is 34.6 Å². The molecule has 0 aliphatic heterocycles. The fraction of sp³-hybridized carbons (Fsp3) is 0.435. The third-order valence-electron chi connectivity index (χ3n) is 5.64. The van der Waals surface area contributed by atoms with Crippen LogP contribution in [0.4, 0.5) is 5.69 Å². The highest BCUT2D eigenvalue weighted by molar-refractivity contribution is 7.92. The van der Waals surface area contributed by atoms with Crippen molar-refractivity contribution in [3.8, 4) is 0 Å². The minimum absolute atomic E-state index is 0.144. The van der Waals surface area contributed by atoms with Gasteiger partial charge in [-0.25, -0.2) is 8.42 Å². The number of rotatable bonds is 7. The summed E-state index contributed by atoms with van der Waals surface area (Å²) in [5.41, 5.74) is 5.06. The number of nitrogens with one attached hydrogen (secondary N) is 2. The molecule has 3 N–H and O–H groups in total. The lowest BCUT2D eigenvalue weighted by Gasteiger charge is -2.23. The van der Waals surface area contributed by atoms with Gasteiger partial charge in [0.2, 0.25) is 5.91 Å². The van der Waals surface area contributed by atoms with Crippen molar-refractivity contribution in [2.75, 3.05) is 11.3 Å². The molecule has 0 bridgehead atoms. The van der Waals surface area contributed by atoms with E-state index >= 15 is 0 Å². The van der Waals surface area contributed by atoms with E-state index in [1.54, 1.807) is 38.1 Å². The van der Waals surface area contributed by atoms with Crippen molar-refractivity contribution in [1.29, 1.82) is 0 Å². The highest BCUT2D eigenvalue weighted by atomic mass is 32.2. The molecule has 0 aliphatic rings. The van der Waals surface area contributed by atoms with Gasteiger partial charge in [0.15, 0.2) is 0 Å². The second-order valence-corrected chi connectivity index (χ2v) is 10.1. The molecule has 0 atom stereocenters. The topological polar surface area (TPSA) is 95.5 Å². The Labute approximate surface area is 179 Å². The van der Waals surface area contributed by atoms with Gasteiger partial charge in [-0.2, -0.15) is 0 Å². The van der Waals surface area contributed by atoms with Crippen LogP contribution in [0.1, 0.15) is 47.2 Å². The molecule has 7 heteroatoms. The fourth-order valence-corrected chi connectivity index (χ4v) is 5.07. The molecule has 0 aliphatic carbocycles. The van der Waals surface area contributed by atoms with Crippen molar-refractivity contribution in [1.82, 2.24) is 5.32 Å². The zero-order valence-corrected chi connectivity index (χ0v) is 19.6. The maximum Gasteiger partial charge on any atom is 0.262 e. The minimum Gasteiger partial charge on any atom is -0.394 e. The van der Waals surface area contributed by atoms with E-state index in [2.05, 4.69) is 10.0 Å². The molecule has 2 aromatic carbocycles. The van der Waals surface area contributed by atoms with E-state index in [-0.39, 0.29) is 18.9 Å². The van der Waals surface area contributed by atoms with E-state index in [1.165, 1.54) is 0 Å². The summed E-state index contributed by atoms with van der Waals surface area (Å²) in [7, 11) is -3.76.